The monoisotopic (exact) mass is 462 g/mol. The molecule has 0 atom stereocenters. The van der Waals surface area contributed by atoms with E-state index in [9.17, 15) is 27.6 Å². The van der Waals surface area contributed by atoms with Gasteiger partial charge in [0.25, 0.3) is 0 Å². The fraction of sp³-hybridized carbons (Fsp3) is 0.182. The van der Waals surface area contributed by atoms with E-state index < -0.39 is 30.1 Å². The lowest BCUT2D eigenvalue weighted by Gasteiger charge is -2.06. The maximum atomic E-state index is 12.7. The first-order valence-electron chi connectivity index (χ1n) is 9.27. The summed E-state index contributed by atoms with van der Waals surface area (Å²) in [4.78, 5) is 40.1. The van der Waals surface area contributed by atoms with Crippen LogP contribution in [0.5, 0.6) is 0 Å². The van der Waals surface area contributed by atoms with Crippen LogP contribution >= 0.6 is 11.3 Å². The molecule has 0 aliphatic heterocycles. The fourth-order valence-corrected chi connectivity index (χ4v) is 3.70. The van der Waals surface area contributed by atoms with Crippen molar-refractivity contribution in [1.29, 1.82) is 0 Å². The summed E-state index contributed by atoms with van der Waals surface area (Å²) in [6.45, 7) is 2.44. The third-order valence-corrected chi connectivity index (χ3v) is 5.49. The number of anilines is 1. The normalized spacial score (nSPS) is 11.2. The van der Waals surface area contributed by atoms with Crippen LogP contribution in [0.1, 0.15) is 38.2 Å². The predicted octanol–water partition coefficient (Wildman–Crippen LogP) is 5.14. The van der Waals surface area contributed by atoms with Gasteiger partial charge in [-0.25, -0.2) is 9.78 Å². The van der Waals surface area contributed by atoms with Crippen LogP contribution in [-0.2, 0) is 15.7 Å². The molecule has 0 saturated carbocycles. The van der Waals surface area contributed by atoms with Crippen molar-refractivity contribution in [2.75, 3.05) is 11.9 Å². The van der Waals surface area contributed by atoms with Gasteiger partial charge in [0.05, 0.1) is 11.3 Å². The first-order chi connectivity index (χ1) is 15.0. The molecule has 2 aromatic carbocycles. The molecule has 166 valence electrons. The van der Waals surface area contributed by atoms with Crippen molar-refractivity contribution < 1.29 is 32.3 Å². The molecule has 0 unspecified atom stereocenters. The van der Waals surface area contributed by atoms with Gasteiger partial charge in [-0.3, -0.25) is 9.59 Å². The molecule has 0 bridgehead atoms. The molecular weight excluding hydrogens is 445 g/mol. The topological polar surface area (TPSA) is 85.4 Å². The maximum absolute atomic E-state index is 12.7. The number of rotatable bonds is 6. The van der Waals surface area contributed by atoms with E-state index in [1.54, 1.807) is 19.1 Å². The molecule has 3 rings (SSSR count). The summed E-state index contributed by atoms with van der Waals surface area (Å²) in [5.41, 5.74) is 0.834. The number of amides is 1. The molecule has 0 aliphatic rings. The van der Waals surface area contributed by atoms with Gasteiger partial charge in [-0.05, 0) is 43.3 Å². The smallest absolute Gasteiger partial charge is 0.416 e. The Morgan fingerprint density at radius 3 is 2.22 bits per heavy atom. The van der Waals surface area contributed by atoms with Crippen LogP contribution < -0.4 is 5.32 Å². The summed E-state index contributed by atoms with van der Waals surface area (Å²) < 4.78 is 43.3. The minimum atomic E-state index is -4.44. The van der Waals surface area contributed by atoms with Crippen molar-refractivity contribution in [3.05, 3.63) is 70.2 Å². The number of nitrogens with one attached hydrogen (secondary N) is 1. The van der Waals surface area contributed by atoms with E-state index in [1.165, 1.54) is 31.2 Å². The second kappa shape index (κ2) is 9.31. The molecule has 6 nitrogen and oxygen atoms in total. The first kappa shape index (κ1) is 23.1. The van der Waals surface area contributed by atoms with E-state index in [0.717, 1.165) is 23.5 Å². The number of halogens is 3. The van der Waals surface area contributed by atoms with Crippen molar-refractivity contribution in [1.82, 2.24) is 4.98 Å². The number of nitrogens with zero attached hydrogens (tertiary/aromatic N) is 1. The Kier molecular flexibility index (Phi) is 6.73. The minimum absolute atomic E-state index is 0.161. The Bertz CT molecular complexity index is 1150. The molecule has 0 fully saturated rings. The molecule has 1 heterocycles. The van der Waals surface area contributed by atoms with Gasteiger partial charge in [0.15, 0.2) is 12.4 Å². The summed E-state index contributed by atoms with van der Waals surface area (Å²) in [5, 5.41) is 2.94. The Labute approximate surface area is 185 Å². The number of alkyl halides is 3. The first-order valence-corrected chi connectivity index (χ1v) is 10.1. The highest BCUT2D eigenvalue weighted by molar-refractivity contribution is 7.17. The van der Waals surface area contributed by atoms with E-state index in [-0.39, 0.29) is 10.8 Å². The third-order valence-electron chi connectivity index (χ3n) is 4.30. The summed E-state index contributed by atoms with van der Waals surface area (Å²) in [7, 11) is 0. The zero-order chi connectivity index (χ0) is 23.5. The molecule has 3 aromatic rings. The van der Waals surface area contributed by atoms with Gasteiger partial charge in [0, 0.05) is 23.7 Å². The van der Waals surface area contributed by atoms with Crippen molar-refractivity contribution in [3.63, 3.8) is 0 Å². The molecule has 0 saturated heterocycles. The standard InChI is InChI=1S/C22H17F3N2O4S/c1-12-19(32-20(26-12)15-3-7-16(8-4-15)22(23,24)25)21(30)31-11-18(29)14-5-9-17(10-6-14)27-13(2)28/h3-10H,11H2,1-2H3,(H,27,28). The van der Waals surface area contributed by atoms with Gasteiger partial charge in [0.1, 0.15) is 9.88 Å². The van der Waals surface area contributed by atoms with E-state index in [0.29, 0.717) is 27.5 Å². The van der Waals surface area contributed by atoms with Crippen LogP contribution in [0.3, 0.4) is 0 Å². The van der Waals surface area contributed by atoms with Crippen molar-refractivity contribution in [2.45, 2.75) is 20.0 Å². The fourth-order valence-electron chi connectivity index (χ4n) is 2.73. The number of carbonyl (C=O) groups is 3. The van der Waals surface area contributed by atoms with Crippen molar-refractivity contribution >= 4 is 34.7 Å². The number of aromatic nitrogens is 1. The van der Waals surface area contributed by atoms with Gasteiger partial charge in [-0.2, -0.15) is 13.2 Å². The van der Waals surface area contributed by atoms with Crippen LogP contribution in [0.25, 0.3) is 10.6 Å². The average Bonchev–Trinajstić information content (AvgIpc) is 3.13. The molecule has 1 amide bonds. The largest absolute Gasteiger partial charge is 0.453 e. The Morgan fingerprint density at radius 2 is 1.66 bits per heavy atom. The lowest BCUT2D eigenvalue weighted by Crippen LogP contribution is -2.14. The predicted molar refractivity (Wildman–Crippen MR) is 113 cm³/mol. The number of benzene rings is 2. The minimum Gasteiger partial charge on any atom is -0.453 e. The van der Waals surface area contributed by atoms with Crippen LogP contribution in [0.2, 0.25) is 0 Å². The van der Waals surface area contributed by atoms with Gasteiger partial charge in [-0.15, -0.1) is 11.3 Å². The van der Waals surface area contributed by atoms with Crippen molar-refractivity contribution in [3.8, 4) is 10.6 Å². The molecule has 0 aliphatic carbocycles. The second-order valence-electron chi connectivity index (χ2n) is 6.77. The van der Waals surface area contributed by atoms with E-state index in [4.69, 9.17) is 4.74 Å². The number of esters is 1. The number of thiazole rings is 1. The number of aryl methyl sites for hydroxylation is 1. The van der Waals surface area contributed by atoms with Crippen LogP contribution in [0.4, 0.5) is 18.9 Å². The Balaban J connectivity index is 1.65. The molecule has 32 heavy (non-hydrogen) atoms. The van der Waals surface area contributed by atoms with E-state index in [1.807, 2.05) is 0 Å². The van der Waals surface area contributed by atoms with Gasteiger partial charge in [-0.1, -0.05) is 12.1 Å². The highest BCUT2D eigenvalue weighted by Crippen LogP contribution is 2.33. The summed E-state index contributed by atoms with van der Waals surface area (Å²) in [5.74, 6) is -1.42. The number of carbonyl (C=O) groups excluding carboxylic acids is 3. The van der Waals surface area contributed by atoms with E-state index >= 15 is 0 Å². The molecule has 1 aromatic heterocycles. The quantitative estimate of drug-likeness (QED) is 0.405. The molecule has 10 heteroatoms. The van der Waals surface area contributed by atoms with Gasteiger partial charge >= 0.3 is 12.1 Å². The zero-order valence-electron chi connectivity index (χ0n) is 16.9. The van der Waals surface area contributed by atoms with Gasteiger partial charge < -0.3 is 10.1 Å². The lowest BCUT2D eigenvalue weighted by molar-refractivity contribution is -0.137. The summed E-state index contributed by atoms with van der Waals surface area (Å²) in [6.07, 6.45) is -4.44. The SMILES string of the molecule is CC(=O)Nc1ccc(C(=O)COC(=O)c2sc(-c3ccc(C(F)(F)F)cc3)nc2C)cc1. The molecule has 0 radical (unpaired) electrons. The van der Waals surface area contributed by atoms with Crippen LogP contribution in [-0.4, -0.2) is 29.3 Å². The van der Waals surface area contributed by atoms with Crippen LogP contribution in [0, 0.1) is 6.92 Å². The Hall–Kier alpha value is -3.53. The maximum Gasteiger partial charge on any atom is 0.416 e. The molecular formula is C22H17F3N2O4S. The average molecular weight is 462 g/mol. The number of hydrogen-bond donors (Lipinski definition) is 1. The number of hydrogen-bond acceptors (Lipinski definition) is 6. The number of Topliss-reactive ketones (excluding diaryl/α,β-unsaturated/α-hetero) is 1. The zero-order valence-corrected chi connectivity index (χ0v) is 17.8. The number of ether oxygens (including phenoxy) is 1. The van der Waals surface area contributed by atoms with Crippen molar-refractivity contribution in [2.24, 2.45) is 0 Å². The summed E-state index contributed by atoms with van der Waals surface area (Å²) >= 11 is 0.971. The summed E-state index contributed by atoms with van der Waals surface area (Å²) in [6, 6.07) is 10.6. The van der Waals surface area contributed by atoms with E-state index in [2.05, 4.69) is 10.3 Å². The Morgan fingerprint density at radius 1 is 1.03 bits per heavy atom. The number of ketones is 1. The third kappa shape index (κ3) is 5.58. The highest BCUT2D eigenvalue weighted by atomic mass is 32.1. The second-order valence-corrected chi connectivity index (χ2v) is 7.77. The molecule has 1 N–H and O–H groups in total. The highest BCUT2D eigenvalue weighted by Gasteiger charge is 2.30. The van der Waals surface area contributed by atoms with Crippen LogP contribution in [0.15, 0.2) is 48.5 Å². The van der Waals surface area contributed by atoms with Gasteiger partial charge in [0.2, 0.25) is 5.91 Å². The molecule has 0 spiro atoms. The lowest BCUT2D eigenvalue weighted by atomic mass is 10.1.